The molecule has 3 aromatic rings. The van der Waals surface area contributed by atoms with Gasteiger partial charge in [0.25, 0.3) is 5.91 Å². The molecule has 3 N–H and O–H groups in total. The van der Waals surface area contributed by atoms with Gasteiger partial charge in [-0.15, -0.1) is 0 Å². The van der Waals surface area contributed by atoms with E-state index >= 15 is 0 Å². The second-order valence-corrected chi connectivity index (χ2v) is 10.0. The molecule has 2 aliphatic heterocycles. The molecule has 0 radical (unpaired) electrons. The van der Waals surface area contributed by atoms with Gasteiger partial charge in [0.05, 0.1) is 29.1 Å². The number of carbonyl (C=O) groups is 3. The van der Waals surface area contributed by atoms with E-state index in [4.69, 9.17) is 4.74 Å². The number of hydrogen-bond donors (Lipinski definition) is 3. The molecule has 0 unspecified atom stereocenters. The zero-order valence-electron chi connectivity index (χ0n) is 23.4. The highest BCUT2D eigenvalue weighted by atomic mass is 16.5. The summed E-state index contributed by atoms with van der Waals surface area (Å²) in [5, 5.41) is 9.67. The minimum absolute atomic E-state index is 0.0674. The first-order valence-corrected chi connectivity index (χ1v) is 13.9. The number of ether oxygens (including phenoxy) is 1. The van der Waals surface area contributed by atoms with Crippen LogP contribution in [0.4, 0.5) is 17.1 Å². The molecule has 1 saturated heterocycles. The van der Waals surface area contributed by atoms with Gasteiger partial charge in [0.2, 0.25) is 5.91 Å². The van der Waals surface area contributed by atoms with Crippen LogP contribution in [-0.2, 0) is 14.3 Å². The first kappa shape index (κ1) is 28.1. The van der Waals surface area contributed by atoms with Crippen molar-refractivity contribution in [2.24, 2.45) is 0 Å². The maximum absolute atomic E-state index is 13.3. The van der Waals surface area contributed by atoms with Gasteiger partial charge in [-0.3, -0.25) is 9.59 Å². The van der Waals surface area contributed by atoms with E-state index in [2.05, 4.69) is 20.9 Å². The van der Waals surface area contributed by atoms with Crippen LogP contribution in [0.5, 0.6) is 0 Å². The largest absolute Gasteiger partial charge is 0.462 e. The van der Waals surface area contributed by atoms with Gasteiger partial charge in [0, 0.05) is 63.1 Å². The number of anilines is 3. The molecular weight excluding hydrogens is 518 g/mol. The van der Waals surface area contributed by atoms with E-state index in [1.807, 2.05) is 54.6 Å². The highest BCUT2D eigenvalue weighted by Crippen LogP contribution is 2.38. The lowest BCUT2D eigenvalue weighted by atomic mass is 9.99. The van der Waals surface area contributed by atoms with E-state index in [1.54, 1.807) is 37.1 Å². The number of nitrogens with zero attached hydrogens (tertiary/aromatic N) is 2. The summed E-state index contributed by atoms with van der Waals surface area (Å²) < 4.78 is 5.11. The summed E-state index contributed by atoms with van der Waals surface area (Å²) in [6.45, 7) is 6.63. The van der Waals surface area contributed by atoms with Crippen LogP contribution >= 0.6 is 0 Å². The van der Waals surface area contributed by atoms with E-state index in [-0.39, 0.29) is 18.4 Å². The average molecular weight is 554 g/mol. The molecule has 2 aliphatic rings. The van der Waals surface area contributed by atoms with Crippen LogP contribution in [0, 0.1) is 0 Å². The smallest absolute Gasteiger partial charge is 0.338 e. The van der Waals surface area contributed by atoms with E-state index in [0.717, 1.165) is 49.7 Å². The van der Waals surface area contributed by atoms with Crippen molar-refractivity contribution in [3.63, 3.8) is 0 Å². The molecule has 0 aromatic heterocycles. The van der Waals surface area contributed by atoms with E-state index in [9.17, 15) is 14.4 Å². The van der Waals surface area contributed by atoms with Gasteiger partial charge in [0.15, 0.2) is 0 Å². The Bertz CT molecular complexity index is 1450. The molecule has 9 nitrogen and oxygen atoms in total. The van der Waals surface area contributed by atoms with Crippen molar-refractivity contribution in [3.05, 3.63) is 89.5 Å². The Morgan fingerprint density at radius 2 is 1.71 bits per heavy atom. The van der Waals surface area contributed by atoms with Crippen LogP contribution < -0.4 is 20.9 Å². The molecule has 3 aromatic carbocycles. The second kappa shape index (κ2) is 12.8. The molecule has 41 heavy (non-hydrogen) atoms. The van der Waals surface area contributed by atoms with Gasteiger partial charge in [0.1, 0.15) is 0 Å². The zero-order valence-corrected chi connectivity index (χ0v) is 23.4. The first-order valence-electron chi connectivity index (χ1n) is 13.9. The molecular formula is C32H35N5O4. The predicted octanol–water partition coefficient (Wildman–Crippen LogP) is 4.05. The van der Waals surface area contributed by atoms with Crippen molar-refractivity contribution >= 4 is 46.1 Å². The maximum atomic E-state index is 13.3. The SMILES string of the molecule is CCOC(=O)c1ccc2c(c1)NC(=O)C2=C(Nc1ccc(N(C)C(=O)CCN2CCNCC2)cc1)c1ccccc1. The van der Waals surface area contributed by atoms with Crippen molar-refractivity contribution < 1.29 is 19.1 Å². The minimum atomic E-state index is -0.435. The molecule has 0 aliphatic carbocycles. The molecule has 1 fully saturated rings. The van der Waals surface area contributed by atoms with Gasteiger partial charge in [-0.05, 0) is 48.9 Å². The minimum Gasteiger partial charge on any atom is -0.462 e. The summed E-state index contributed by atoms with van der Waals surface area (Å²) in [6.07, 6.45) is 0.465. The lowest BCUT2D eigenvalue weighted by Gasteiger charge is -2.27. The number of carbonyl (C=O) groups excluding carboxylic acids is 3. The Balaban J connectivity index is 1.38. The first-order chi connectivity index (χ1) is 19.9. The molecule has 0 spiro atoms. The summed E-state index contributed by atoms with van der Waals surface area (Å²) in [5.74, 6) is -0.632. The molecule has 0 saturated carbocycles. The van der Waals surface area contributed by atoms with E-state index < -0.39 is 5.97 Å². The number of hydrogen-bond acceptors (Lipinski definition) is 7. The molecule has 0 atom stereocenters. The number of fused-ring (bicyclic) bond motifs is 1. The standard InChI is InChI=1S/C32H35N5O4/c1-3-41-32(40)23-9-14-26-27(21-23)35-31(39)29(26)30(22-7-5-4-6-8-22)34-24-10-12-25(13-11-24)36(2)28(38)15-18-37-19-16-33-17-20-37/h4-14,21,33-34H,3,15-20H2,1-2H3,(H,35,39). The van der Waals surface area contributed by atoms with Crippen LogP contribution in [0.1, 0.15) is 34.8 Å². The average Bonchev–Trinajstić information content (AvgIpc) is 3.34. The third-order valence-electron chi connectivity index (χ3n) is 7.34. The number of amides is 2. The highest BCUT2D eigenvalue weighted by Gasteiger charge is 2.29. The number of piperazine rings is 1. The van der Waals surface area contributed by atoms with Crippen LogP contribution in [0.2, 0.25) is 0 Å². The predicted molar refractivity (Wildman–Crippen MR) is 162 cm³/mol. The summed E-state index contributed by atoms with van der Waals surface area (Å²) in [4.78, 5) is 42.3. The molecule has 9 heteroatoms. The van der Waals surface area contributed by atoms with Crippen molar-refractivity contribution in [1.82, 2.24) is 10.2 Å². The number of benzene rings is 3. The van der Waals surface area contributed by atoms with Crippen LogP contribution in [0.3, 0.4) is 0 Å². The molecule has 2 heterocycles. The van der Waals surface area contributed by atoms with Crippen molar-refractivity contribution in [3.8, 4) is 0 Å². The number of esters is 1. The van der Waals surface area contributed by atoms with Crippen molar-refractivity contribution in [2.45, 2.75) is 13.3 Å². The van der Waals surface area contributed by atoms with Crippen LogP contribution in [0.25, 0.3) is 11.3 Å². The monoisotopic (exact) mass is 553 g/mol. The Morgan fingerprint density at radius 3 is 2.41 bits per heavy atom. The van der Waals surface area contributed by atoms with Crippen LogP contribution in [0.15, 0.2) is 72.8 Å². The fourth-order valence-corrected chi connectivity index (χ4v) is 5.06. The highest BCUT2D eigenvalue weighted by molar-refractivity contribution is 6.37. The van der Waals surface area contributed by atoms with Gasteiger partial charge >= 0.3 is 5.97 Å². The quantitative estimate of drug-likeness (QED) is 0.271. The van der Waals surface area contributed by atoms with Gasteiger partial charge in [-0.2, -0.15) is 0 Å². The Morgan fingerprint density at radius 1 is 0.976 bits per heavy atom. The summed E-state index contributed by atoms with van der Waals surface area (Å²) in [7, 11) is 1.80. The Labute approximate surface area is 240 Å². The van der Waals surface area contributed by atoms with Gasteiger partial charge in [-0.25, -0.2) is 4.79 Å². The van der Waals surface area contributed by atoms with Gasteiger partial charge in [-0.1, -0.05) is 36.4 Å². The molecule has 2 amide bonds. The third kappa shape index (κ3) is 6.48. The molecule has 212 valence electrons. The lowest BCUT2D eigenvalue weighted by Crippen LogP contribution is -2.44. The van der Waals surface area contributed by atoms with Gasteiger partial charge < -0.3 is 30.5 Å². The van der Waals surface area contributed by atoms with Crippen molar-refractivity contribution in [2.75, 3.05) is 61.9 Å². The normalized spacial score (nSPS) is 16.0. The Kier molecular flexibility index (Phi) is 8.76. The van der Waals surface area contributed by atoms with E-state index in [1.165, 1.54) is 0 Å². The van der Waals surface area contributed by atoms with Crippen LogP contribution in [-0.4, -0.2) is 69.1 Å². The Hall–Kier alpha value is -4.47. The maximum Gasteiger partial charge on any atom is 0.338 e. The number of rotatable bonds is 9. The lowest BCUT2D eigenvalue weighted by molar-refractivity contribution is -0.118. The fourth-order valence-electron chi connectivity index (χ4n) is 5.06. The fraction of sp³-hybridized carbons (Fsp3) is 0.281. The zero-order chi connectivity index (χ0) is 28.8. The summed E-state index contributed by atoms with van der Waals surface area (Å²) >= 11 is 0. The topological polar surface area (TPSA) is 103 Å². The van der Waals surface area contributed by atoms with Crippen molar-refractivity contribution in [1.29, 1.82) is 0 Å². The number of nitrogens with one attached hydrogen (secondary N) is 3. The summed E-state index contributed by atoms with van der Waals surface area (Å²) in [5.41, 5.74) is 5.15. The molecule has 0 bridgehead atoms. The molecule has 5 rings (SSSR count). The third-order valence-corrected chi connectivity index (χ3v) is 7.34. The summed E-state index contributed by atoms with van der Waals surface area (Å²) in [6, 6.07) is 22.3. The van der Waals surface area contributed by atoms with E-state index in [0.29, 0.717) is 34.5 Å². The second-order valence-electron chi connectivity index (χ2n) is 10.0.